The van der Waals surface area contributed by atoms with Gasteiger partial charge in [-0.1, -0.05) is 50.5 Å². The zero-order valence-electron chi connectivity index (χ0n) is 10.2. The first-order valence-electron chi connectivity index (χ1n) is 5.25. The Kier molecular flexibility index (Phi) is 3.99. The number of halogens is 1. The fourth-order valence-corrected chi connectivity index (χ4v) is 2.67. The van der Waals surface area contributed by atoms with Crippen LogP contribution in [0.25, 0.3) is 0 Å². The summed E-state index contributed by atoms with van der Waals surface area (Å²) in [5.74, 6) is 0. The van der Waals surface area contributed by atoms with Gasteiger partial charge < -0.3 is 0 Å². The molecule has 0 N–H and O–H groups in total. The fraction of sp³-hybridized carbons (Fsp3) is 0.750. The van der Waals surface area contributed by atoms with Gasteiger partial charge in [-0.15, -0.1) is 11.3 Å². The lowest BCUT2D eigenvalue weighted by atomic mass is 9.92. The largest absolute Gasteiger partial charge is 0.246 e. The van der Waals surface area contributed by atoms with E-state index in [0.717, 1.165) is 11.8 Å². The van der Waals surface area contributed by atoms with Crippen molar-refractivity contribution in [1.29, 1.82) is 0 Å². The molecule has 0 fully saturated rings. The predicted octanol–water partition coefficient (Wildman–Crippen LogP) is 4.40. The third-order valence-electron chi connectivity index (χ3n) is 2.31. The fourth-order valence-electron chi connectivity index (χ4n) is 1.19. The Balaban J connectivity index is 2.78. The number of rotatable bonds is 3. The Bertz CT molecular complexity index is 323. The van der Waals surface area contributed by atoms with Gasteiger partial charge in [0.15, 0.2) is 0 Å². The molecule has 0 saturated heterocycles. The second kappa shape index (κ2) is 4.54. The van der Waals surface area contributed by atoms with E-state index in [1.807, 2.05) is 0 Å². The van der Waals surface area contributed by atoms with Crippen molar-refractivity contribution in [3.05, 3.63) is 16.1 Å². The molecule has 15 heavy (non-hydrogen) atoms. The number of hydrogen-bond acceptors (Lipinski definition) is 2. The van der Waals surface area contributed by atoms with E-state index in [1.165, 1.54) is 10.7 Å². The molecule has 86 valence electrons. The van der Waals surface area contributed by atoms with Crippen molar-refractivity contribution >= 4 is 27.3 Å². The first-order chi connectivity index (χ1) is 6.74. The summed E-state index contributed by atoms with van der Waals surface area (Å²) < 4.78 is 0. The number of thiazole rings is 1. The van der Waals surface area contributed by atoms with Crippen LogP contribution < -0.4 is 0 Å². The van der Waals surface area contributed by atoms with Gasteiger partial charge in [0.1, 0.15) is 0 Å². The Hall–Kier alpha value is 0.110. The molecule has 0 radical (unpaired) electrons. The van der Waals surface area contributed by atoms with Crippen LogP contribution in [0.3, 0.4) is 0 Å². The average molecular weight is 290 g/mol. The molecule has 0 aliphatic carbocycles. The van der Waals surface area contributed by atoms with Crippen LogP contribution in [0.2, 0.25) is 0 Å². The maximum Gasteiger partial charge on any atom is 0.0934 e. The minimum Gasteiger partial charge on any atom is -0.246 e. The molecule has 0 aromatic carbocycles. The Labute approximate surface area is 105 Å². The molecule has 1 nitrogen and oxygen atoms in total. The highest BCUT2D eigenvalue weighted by molar-refractivity contribution is 9.09. The second-order valence-corrected chi connectivity index (χ2v) is 7.35. The summed E-state index contributed by atoms with van der Waals surface area (Å²) in [4.78, 5) is 4.71. The lowest BCUT2D eigenvalue weighted by Crippen LogP contribution is -2.17. The molecule has 1 aromatic rings. The van der Waals surface area contributed by atoms with Crippen LogP contribution in [0.1, 0.15) is 45.3 Å². The Morgan fingerprint density at radius 1 is 1.27 bits per heavy atom. The monoisotopic (exact) mass is 289 g/mol. The van der Waals surface area contributed by atoms with Gasteiger partial charge in [0, 0.05) is 22.5 Å². The number of nitrogens with zero attached hydrogens (tertiary/aromatic N) is 1. The smallest absolute Gasteiger partial charge is 0.0934 e. The summed E-state index contributed by atoms with van der Waals surface area (Å²) >= 11 is 5.34. The van der Waals surface area contributed by atoms with E-state index >= 15 is 0 Å². The van der Waals surface area contributed by atoms with Crippen molar-refractivity contribution in [3.63, 3.8) is 0 Å². The molecule has 1 heterocycles. The minimum atomic E-state index is 0.174. The average Bonchev–Trinajstić information content (AvgIpc) is 2.51. The quantitative estimate of drug-likeness (QED) is 0.752. The standard InChI is InChI=1S/C12H20BrNS/c1-11(2,3)9-7-15-10(14-9)6-12(4,5)8-13/h7H,6,8H2,1-5H3. The van der Waals surface area contributed by atoms with Crippen molar-refractivity contribution in [2.24, 2.45) is 5.41 Å². The lowest BCUT2D eigenvalue weighted by Gasteiger charge is -2.20. The zero-order valence-corrected chi connectivity index (χ0v) is 12.6. The van der Waals surface area contributed by atoms with Crippen LogP contribution in [0.15, 0.2) is 5.38 Å². The maximum atomic E-state index is 4.71. The van der Waals surface area contributed by atoms with Crippen molar-refractivity contribution in [2.75, 3.05) is 5.33 Å². The second-order valence-electron chi connectivity index (χ2n) is 5.85. The van der Waals surface area contributed by atoms with Crippen LogP contribution in [-0.2, 0) is 11.8 Å². The topological polar surface area (TPSA) is 12.9 Å². The van der Waals surface area contributed by atoms with Crippen LogP contribution in [-0.4, -0.2) is 10.3 Å². The van der Waals surface area contributed by atoms with E-state index in [1.54, 1.807) is 11.3 Å². The van der Waals surface area contributed by atoms with Gasteiger partial charge in [-0.25, -0.2) is 4.98 Å². The Morgan fingerprint density at radius 2 is 1.87 bits per heavy atom. The highest BCUT2D eigenvalue weighted by atomic mass is 79.9. The third-order valence-corrected chi connectivity index (χ3v) is 4.68. The highest BCUT2D eigenvalue weighted by Gasteiger charge is 2.22. The molecule has 3 heteroatoms. The van der Waals surface area contributed by atoms with Crippen LogP contribution >= 0.6 is 27.3 Å². The summed E-state index contributed by atoms with van der Waals surface area (Å²) in [5.41, 5.74) is 1.69. The first kappa shape index (κ1) is 13.2. The van der Waals surface area contributed by atoms with Crippen molar-refractivity contribution in [2.45, 2.75) is 46.5 Å². The molecule has 0 aliphatic rings. The van der Waals surface area contributed by atoms with Gasteiger partial charge in [-0.2, -0.15) is 0 Å². The molecule has 0 spiro atoms. The predicted molar refractivity (Wildman–Crippen MR) is 72.1 cm³/mol. The third kappa shape index (κ3) is 3.87. The molecule has 1 rings (SSSR count). The zero-order chi connectivity index (χ0) is 11.7. The summed E-state index contributed by atoms with van der Waals surface area (Å²) in [6.07, 6.45) is 1.05. The minimum absolute atomic E-state index is 0.174. The molecular weight excluding hydrogens is 270 g/mol. The van der Waals surface area contributed by atoms with Crippen molar-refractivity contribution in [1.82, 2.24) is 4.98 Å². The molecular formula is C12H20BrNS. The highest BCUT2D eigenvalue weighted by Crippen LogP contribution is 2.29. The van der Waals surface area contributed by atoms with E-state index in [9.17, 15) is 0 Å². The molecule has 0 atom stereocenters. The SMILES string of the molecule is CC(C)(CBr)Cc1nc(C(C)(C)C)cs1. The van der Waals surface area contributed by atoms with Crippen LogP contribution in [0.5, 0.6) is 0 Å². The van der Waals surface area contributed by atoms with Crippen molar-refractivity contribution in [3.8, 4) is 0 Å². The van der Waals surface area contributed by atoms with Gasteiger partial charge in [0.2, 0.25) is 0 Å². The summed E-state index contributed by atoms with van der Waals surface area (Å²) in [6, 6.07) is 0. The van der Waals surface area contributed by atoms with Crippen LogP contribution in [0.4, 0.5) is 0 Å². The lowest BCUT2D eigenvalue weighted by molar-refractivity contribution is 0.422. The van der Waals surface area contributed by atoms with E-state index in [2.05, 4.69) is 55.9 Å². The number of aromatic nitrogens is 1. The normalized spacial score (nSPS) is 13.2. The first-order valence-corrected chi connectivity index (χ1v) is 7.25. The van der Waals surface area contributed by atoms with Gasteiger partial charge in [0.25, 0.3) is 0 Å². The Morgan fingerprint density at radius 3 is 2.27 bits per heavy atom. The molecule has 0 bridgehead atoms. The molecule has 0 unspecified atom stereocenters. The summed E-state index contributed by atoms with van der Waals surface area (Å²) in [6.45, 7) is 11.2. The molecule has 0 aliphatic heterocycles. The van der Waals surface area contributed by atoms with Gasteiger partial charge in [0.05, 0.1) is 10.7 Å². The van der Waals surface area contributed by atoms with Gasteiger partial charge in [-0.3, -0.25) is 0 Å². The number of hydrogen-bond donors (Lipinski definition) is 0. The molecule has 1 aromatic heterocycles. The molecule has 0 saturated carbocycles. The van der Waals surface area contributed by atoms with E-state index in [4.69, 9.17) is 4.98 Å². The van der Waals surface area contributed by atoms with E-state index in [0.29, 0.717) is 5.41 Å². The maximum absolute atomic E-state index is 4.71. The number of alkyl halides is 1. The van der Waals surface area contributed by atoms with E-state index in [-0.39, 0.29) is 5.41 Å². The summed E-state index contributed by atoms with van der Waals surface area (Å²) in [5, 5.41) is 4.47. The van der Waals surface area contributed by atoms with Crippen LogP contribution in [0, 0.1) is 5.41 Å². The van der Waals surface area contributed by atoms with Gasteiger partial charge in [-0.05, 0) is 5.41 Å². The summed E-state index contributed by atoms with van der Waals surface area (Å²) in [7, 11) is 0. The molecule has 0 amide bonds. The van der Waals surface area contributed by atoms with E-state index < -0.39 is 0 Å². The van der Waals surface area contributed by atoms with Gasteiger partial charge >= 0.3 is 0 Å². The van der Waals surface area contributed by atoms with Crippen molar-refractivity contribution < 1.29 is 0 Å².